The Kier molecular flexibility index (Phi) is 12.3. The van der Waals surface area contributed by atoms with E-state index in [4.69, 9.17) is 19.9 Å². The number of nitrogens with two attached hydrogens (primary N) is 1. The monoisotopic (exact) mass is 694 g/mol. The van der Waals surface area contributed by atoms with Gasteiger partial charge in [-0.25, -0.2) is 4.79 Å². The molecule has 3 atom stereocenters. The summed E-state index contributed by atoms with van der Waals surface area (Å²) in [5.41, 5.74) is 8.92. The highest BCUT2D eigenvalue weighted by atomic mass is 16.5. The van der Waals surface area contributed by atoms with E-state index in [0.29, 0.717) is 42.9 Å². The summed E-state index contributed by atoms with van der Waals surface area (Å²) in [6.07, 6.45) is 5.89. The van der Waals surface area contributed by atoms with Crippen LogP contribution in [0.5, 0.6) is 11.5 Å². The van der Waals surface area contributed by atoms with Crippen molar-refractivity contribution in [3.05, 3.63) is 83.9 Å². The lowest BCUT2D eigenvalue weighted by atomic mass is 9.87. The van der Waals surface area contributed by atoms with Gasteiger partial charge < -0.3 is 35.9 Å². The summed E-state index contributed by atoms with van der Waals surface area (Å²) in [6.45, 7) is 1.75. The summed E-state index contributed by atoms with van der Waals surface area (Å²) in [5.74, 6) is -0.955. The first-order valence-electron chi connectivity index (χ1n) is 17.2. The molecule has 268 valence electrons. The van der Waals surface area contributed by atoms with Gasteiger partial charge in [0, 0.05) is 24.5 Å². The number of carbonyl (C=O) groups is 4. The predicted molar refractivity (Wildman–Crippen MR) is 198 cm³/mol. The van der Waals surface area contributed by atoms with Crippen LogP contribution in [0.4, 0.5) is 0 Å². The Labute approximate surface area is 297 Å². The van der Waals surface area contributed by atoms with Crippen LogP contribution in [-0.4, -0.2) is 69.7 Å². The van der Waals surface area contributed by atoms with Crippen molar-refractivity contribution in [2.45, 2.75) is 63.6 Å². The van der Waals surface area contributed by atoms with Crippen LogP contribution in [0.1, 0.15) is 43.7 Å². The number of hydrogen-bond donors (Lipinski definition) is 4. The molecule has 1 heterocycles. The number of benzene rings is 4. The van der Waals surface area contributed by atoms with Crippen LogP contribution in [0.2, 0.25) is 0 Å². The molecule has 5 N–H and O–H groups in total. The van der Waals surface area contributed by atoms with Gasteiger partial charge in [0.2, 0.25) is 17.7 Å². The number of hydrogen-bond acceptors (Lipinski definition) is 8. The zero-order valence-corrected chi connectivity index (χ0v) is 29.5. The van der Waals surface area contributed by atoms with Crippen molar-refractivity contribution < 1.29 is 33.4 Å². The predicted octanol–water partition coefficient (Wildman–Crippen LogP) is 4.50. The maximum atomic E-state index is 14.1. The highest BCUT2D eigenvalue weighted by Crippen LogP contribution is 2.48. The van der Waals surface area contributed by atoms with Gasteiger partial charge in [0.05, 0.1) is 21.3 Å². The summed E-state index contributed by atoms with van der Waals surface area (Å²) >= 11 is 0. The molecule has 4 bridgehead atoms. The number of allylic oxidation sites excluding steroid dienone is 1. The van der Waals surface area contributed by atoms with E-state index in [1.165, 1.54) is 14.0 Å². The fourth-order valence-corrected chi connectivity index (χ4v) is 6.82. The minimum atomic E-state index is -1.07. The second kappa shape index (κ2) is 17.0. The number of fused-ring (bicyclic) bond motifs is 9. The van der Waals surface area contributed by atoms with Crippen molar-refractivity contribution in [1.29, 1.82) is 0 Å². The van der Waals surface area contributed by atoms with Crippen LogP contribution >= 0.6 is 0 Å². The Morgan fingerprint density at radius 1 is 0.824 bits per heavy atom. The minimum Gasteiger partial charge on any atom is -0.496 e. The number of methoxy groups -OCH3 is 3. The molecule has 3 amide bonds. The molecule has 0 aromatic heterocycles. The first kappa shape index (κ1) is 36.9. The first-order chi connectivity index (χ1) is 24.7. The van der Waals surface area contributed by atoms with E-state index in [1.807, 2.05) is 66.7 Å². The summed E-state index contributed by atoms with van der Waals surface area (Å²) in [7, 11) is 4.49. The molecule has 5 rings (SSSR count). The normalized spacial score (nSPS) is 18.9. The summed E-state index contributed by atoms with van der Waals surface area (Å²) in [4.78, 5) is 53.2. The van der Waals surface area contributed by atoms with Gasteiger partial charge in [-0.2, -0.15) is 0 Å². The van der Waals surface area contributed by atoms with Gasteiger partial charge in [0.15, 0.2) is 0 Å². The highest BCUT2D eigenvalue weighted by Gasteiger charge is 2.31. The Hall–Kier alpha value is -5.42. The number of nitrogens with one attached hydrogen (secondary N) is 3. The molecule has 0 fully saturated rings. The van der Waals surface area contributed by atoms with Gasteiger partial charge in [-0.15, -0.1) is 0 Å². The van der Waals surface area contributed by atoms with Gasteiger partial charge in [-0.3, -0.25) is 14.4 Å². The zero-order valence-electron chi connectivity index (χ0n) is 29.5. The SMILES string of the molecule is COC(=O)C1C/C=C/Cc2cc3ccccc3c(c2OC)-c2c(OC)c(cc3ccccc23)CC(NC(C)=O)C(=O)NC(CCCCN)C(=O)N1. The third-order valence-electron chi connectivity index (χ3n) is 9.19. The molecule has 0 saturated carbocycles. The van der Waals surface area contributed by atoms with Crippen LogP contribution in [0.15, 0.2) is 72.8 Å². The van der Waals surface area contributed by atoms with Crippen molar-refractivity contribution in [2.24, 2.45) is 5.73 Å². The second-order valence-electron chi connectivity index (χ2n) is 12.6. The van der Waals surface area contributed by atoms with E-state index >= 15 is 0 Å². The molecule has 11 heteroatoms. The van der Waals surface area contributed by atoms with Gasteiger partial charge in [-0.05, 0) is 83.5 Å². The van der Waals surface area contributed by atoms with Crippen LogP contribution in [0.3, 0.4) is 0 Å². The largest absolute Gasteiger partial charge is 0.496 e. The van der Waals surface area contributed by atoms with Crippen molar-refractivity contribution in [3.63, 3.8) is 0 Å². The smallest absolute Gasteiger partial charge is 0.328 e. The Morgan fingerprint density at radius 2 is 1.43 bits per heavy atom. The van der Waals surface area contributed by atoms with Gasteiger partial charge >= 0.3 is 5.97 Å². The van der Waals surface area contributed by atoms with Crippen molar-refractivity contribution in [3.8, 4) is 22.6 Å². The number of carbonyl (C=O) groups excluding carboxylic acids is 4. The molecule has 4 aromatic rings. The number of amides is 3. The lowest BCUT2D eigenvalue weighted by molar-refractivity contribution is -0.145. The summed E-state index contributed by atoms with van der Waals surface area (Å²) < 4.78 is 17.4. The third kappa shape index (κ3) is 8.32. The van der Waals surface area contributed by atoms with Crippen molar-refractivity contribution in [2.75, 3.05) is 27.9 Å². The number of esters is 1. The van der Waals surface area contributed by atoms with Crippen molar-refractivity contribution in [1.82, 2.24) is 16.0 Å². The molecule has 0 spiro atoms. The third-order valence-corrected chi connectivity index (χ3v) is 9.19. The highest BCUT2D eigenvalue weighted by molar-refractivity contribution is 6.11. The maximum Gasteiger partial charge on any atom is 0.328 e. The first-order valence-corrected chi connectivity index (χ1v) is 17.2. The van der Waals surface area contributed by atoms with Crippen LogP contribution < -0.4 is 31.2 Å². The Balaban J connectivity index is 1.78. The van der Waals surface area contributed by atoms with Crippen LogP contribution in [-0.2, 0) is 36.8 Å². The minimum absolute atomic E-state index is 0.0526. The molecule has 51 heavy (non-hydrogen) atoms. The van der Waals surface area contributed by atoms with E-state index in [1.54, 1.807) is 14.2 Å². The number of ether oxygens (including phenoxy) is 3. The molecule has 4 aromatic carbocycles. The zero-order chi connectivity index (χ0) is 36.5. The molecular formula is C40H46N4O7. The van der Waals surface area contributed by atoms with E-state index < -0.39 is 41.8 Å². The van der Waals surface area contributed by atoms with Gasteiger partial charge in [-0.1, -0.05) is 60.7 Å². The average molecular weight is 695 g/mol. The van der Waals surface area contributed by atoms with Gasteiger partial charge in [0.1, 0.15) is 29.6 Å². The van der Waals surface area contributed by atoms with Crippen LogP contribution in [0.25, 0.3) is 32.7 Å². The van der Waals surface area contributed by atoms with E-state index in [-0.39, 0.29) is 19.3 Å². The number of unbranched alkanes of at least 4 members (excludes halogenated alkanes) is 1. The standard InChI is InChI=1S/C40H46N4O7/c1-24(45)42-33-23-28-22-26-14-6-9-17-30(26)35(37(28)50-3)34-29-16-8-5-13-25(29)21-27(36(34)49-2)15-7-10-19-32(40(48)51-4)44-38(46)31(43-39(33)47)18-11-12-20-41/h5-10,13-14,16-17,21-22,31-33H,11-12,15,18-20,23,41H2,1-4H3,(H,42,45)(H,43,47)(H,44,46)/b10-7+. The molecule has 1 aliphatic heterocycles. The molecule has 1 aliphatic rings. The van der Waals surface area contributed by atoms with Crippen molar-refractivity contribution >= 4 is 45.2 Å². The summed E-state index contributed by atoms with van der Waals surface area (Å²) in [5, 5.41) is 12.2. The molecular weight excluding hydrogens is 648 g/mol. The van der Waals surface area contributed by atoms with Gasteiger partial charge in [0.25, 0.3) is 0 Å². The lowest BCUT2D eigenvalue weighted by Crippen LogP contribution is -2.56. The van der Waals surface area contributed by atoms with E-state index in [9.17, 15) is 19.2 Å². The second-order valence-corrected chi connectivity index (χ2v) is 12.6. The topological polar surface area (TPSA) is 158 Å². The number of rotatable bonds is 8. The summed E-state index contributed by atoms with van der Waals surface area (Å²) in [6, 6.07) is 17.0. The molecule has 3 unspecified atom stereocenters. The Bertz CT molecular complexity index is 1960. The lowest BCUT2D eigenvalue weighted by Gasteiger charge is -2.26. The fraction of sp³-hybridized carbons (Fsp3) is 0.350. The average Bonchev–Trinajstić information content (AvgIpc) is 3.13. The molecule has 0 saturated heterocycles. The quantitative estimate of drug-likeness (QED) is 0.119. The van der Waals surface area contributed by atoms with E-state index in [0.717, 1.165) is 38.2 Å². The Morgan fingerprint density at radius 3 is 2.02 bits per heavy atom. The fourth-order valence-electron chi connectivity index (χ4n) is 6.82. The molecule has 0 radical (unpaired) electrons. The molecule has 11 nitrogen and oxygen atoms in total. The maximum absolute atomic E-state index is 14.1. The van der Waals surface area contributed by atoms with E-state index in [2.05, 4.69) is 22.0 Å². The molecule has 0 aliphatic carbocycles. The van der Waals surface area contributed by atoms with Crippen LogP contribution in [0, 0.1) is 0 Å².